The molecule has 1 N–H and O–H groups in total. The SMILES string of the molecule is CC=C(C(=O)O)c1cnc(CCCC)n1Cc1ccccc1Cl. The molecule has 0 saturated heterocycles. The summed E-state index contributed by atoms with van der Waals surface area (Å²) >= 11 is 6.26. The van der Waals surface area contributed by atoms with E-state index >= 15 is 0 Å². The first-order chi connectivity index (χ1) is 11.1. The average Bonchev–Trinajstić information content (AvgIpc) is 2.91. The molecule has 0 aliphatic carbocycles. The van der Waals surface area contributed by atoms with E-state index in [0.717, 1.165) is 30.7 Å². The van der Waals surface area contributed by atoms with Gasteiger partial charge in [0.1, 0.15) is 5.82 Å². The van der Waals surface area contributed by atoms with Gasteiger partial charge < -0.3 is 9.67 Å². The molecule has 0 radical (unpaired) electrons. The van der Waals surface area contributed by atoms with Crippen molar-refractivity contribution in [2.24, 2.45) is 0 Å². The summed E-state index contributed by atoms with van der Waals surface area (Å²) in [5.41, 5.74) is 1.82. The number of imidazole rings is 1. The van der Waals surface area contributed by atoms with Crippen LogP contribution in [0.25, 0.3) is 5.57 Å². The van der Waals surface area contributed by atoms with Gasteiger partial charge in [-0.1, -0.05) is 49.2 Å². The van der Waals surface area contributed by atoms with Crippen LogP contribution in [0, 0.1) is 0 Å². The van der Waals surface area contributed by atoms with Crippen LogP contribution in [-0.4, -0.2) is 20.6 Å². The number of hydrogen-bond donors (Lipinski definition) is 1. The monoisotopic (exact) mass is 332 g/mol. The van der Waals surface area contributed by atoms with Crippen molar-refractivity contribution in [2.75, 3.05) is 0 Å². The summed E-state index contributed by atoms with van der Waals surface area (Å²) in [6.07, 6.45) is 6.13. The fraction of sp³-hybridized carbons (Fsp3) is 0.333. The molecule has 0 aliphatic heterocycles. The Kier molecular flexibility index (Phi) is 5.99. The van der Waals surface area contributed by atoms with Gasteiger partial charge >= 0.3 is 5.97 Å². The van der Waals surface area contributed by atoms with Gasteiger partial charge in [0.15, 0.2) is 0 Å². The minimum absolute atomic E-state index is 0.257. The zero-order valence-electron chi connectivity index (χ0n) is 13.4. The smallest absolute Gasteiger partial charge is 0.337 e. The lowest BCUT2D eigenvalue weighted by Crippen LogP contribution is -2.12. The number of allylic oxidation sites excluding steroid dienone is 1. The number of aliphatic carboxylic acids is 1. The zero-order valence-corrected chi connectivity index (χ0v) is 14.2. The third-order valence-corrected chi connectivity index (χ3v) is 4.14. The Morgan fingerprint density at radius 1 is 1.39 bits per heavy atom. The lowest BCUT2D eigenvalue weighted by Gasteiger charge is -2.13. The Balaban J connectivity index is 2.46. The van der Waals surface area contributed by atoms with Gasteiger partial charge in [-0.25, -0.2) is 9.78 Å². The van der Waals surface area contributed by atoms with Gasteiger partial charge in [-0.15, -0.1) is 0 Å². The maximum absolute atomic E-state index is 11.5. The summed E-state index contributed by atoms with van der Waals surface area (Å²) in [6, 6.07) is 7.60. The second-order valence-corrected chi connectivity index (χ2v) is 5.76. The summed E-state index contributed by atoms with van der Waals surface area (Å²) < 4.78 is 1.96. The van der Waals surface area contributed by atoms with E-state index in [2.05, 4.69) is 11.9 Å². The molecule has 0 atom stereocenters. The number of benzene rings is 1. The Morgan fingerprint density at radius 2 is 2.13 bits per heavy atom. The minimum atomic E-state index is -0.949. The number of halogens is 1. The van der Waals surface area contributed by atoms with E-state index in [-0.39, 0.29) is 5.57 Å². The molecule has 1 aromatic carbocycles. The largest absolute Gasteiger partial charge is 0.478 e. The van der Waals surface area contributed by atoms with Crippen molar-refractivity contribution in [3.8, 4) is 0 Å². The van der Waals surface area contributed by atoms with Crippen molar-refractivity contribution in [1.82, 2.24) is 9.55 Å². The van der Waals surface area contributed by atoms with Crippen molar-refractivity contribution in [3.05, 3.63) is 58.6 Å². The van der Waals surface area contributed by atoms with Crippen LogP contribution in [0.4, 0.5) is 0 Å². The number of nitrogens with zero attached hydrogens (tertiary/aromatic N) is 2. The molecule has 0 spiro atoms. The normalized spacial score (nSPS) is 11.7. The molecule has 23 heavy (non-hydrogen) atoms. The summed E-state index contributed by atoms with van der Waals surface area (Å²) in [4.78, 5) is 15.9. The van der Waals surface area contributed by atoms with Crippen LogP contribution in [0.1, 0.15) is 43.8 Å². The molecule has 0 aliphatic rings. The Morgan fingerprint density at radius 3 is 2.74 bits per heavy atom. The van der Waals surface area contributed by atoms with E-state index in [1.165, 1.54) is 0 Å². The quantitative estimate of drug-likeness (QED) is 0.764. The highest BCUT2D eigenvalue weighted by Gasteiger charge is 2.18. The number of aromatic nitrogens is 2. The predicted molar refractivity (Wildman–Crippen MR) is 92.7 cm³/mol. The first-order valence-corrected chi connectivity index (χ1v) is 8.14. The van der Waals surface area contributed by atoms with Crippen LogP contribution in [0.3, 0.4) is 0 Å². The Labute approximate surface area is 141 Å². The lowest BCUT2D eigenvalue weighted by atomic mass is 10.1. The molecular weight excluding hydrogens is 312 g/mol. The van der Waals surface area contributed by atoms with Crippen LogP contribution in [0.15, 0.2) is 36.5 Å². The number of unbranched alkanes of at least 4 members (excludes halogenated alkanes) is 1. The number of carbonyl (C=O) groups is 1. The molecule has 5 heteroatoms. The fourth-order valence-electron chi connectivity index (χ4n) is 2.52. The number of aryl methyl sites for hydroxylation is 1. The van der Waals surface area contributed by atoms with Gasteiger partial charge in [0, 0.05) is 11.4 Å². The average molecular weight is 333 g/mol. The van der Waals surface area contributed by atoms with E-state index in [1.54, 1.807) is 19.2 Å². The highest BCUT2D eigenvalue weighted by molar-refractivity contribution is 6.31. The van der Waals surface area contributed by atoms with Crippen LogP contribution >= 0.6 is 11.6 Å². The van der Waals surface area contributed by atoms with Crippen LogP contribution < -0.4 is 0 Å². The zero-order chi connectivity index (χ0) is 16.8. The molecule has 0 unspecified atom stereocenters. The maximum atomic E-state index is 11.5. The third kappa shape index (κ3) is 4.02. The first kappa shape index (κ1) is 17.3. The highest BCUT2D eigenvalue weighted by atomic mass is 35.5. The molecule has 2 rings (SSSR count). The lowest BCUT2D eigenvalue weighted by molar-refractivity contribution is -0.130. The van der Waals surface area contributed by atoms with Crippen LogP contribution in [-0.2, 0) is 17.8 Å². The topological polar surface area (TPSA) is 55.1 Å². The van der Waals surface area contributed by atoms with Gasteiger partial charge in [0.05, 0.1) is 24.0 Å². The number of carboxylic acid groups (broad SMARTS) is 1. The van der Waals surface area contributed by atoms with Gasteiger partial charge in [0.25, 0.3) is 0 Å². The number of carboxylic acids is 1. The molecule has 122 valence electrons. The van der Waals surface area contributed by atoms with Crippen LogP contribution in [0.5, 0.6) is 0 Å². The first-order valence-electron chi connectivity index (χ1n) is 7.76. The van der Waals surface area contributed by atoms with Gasteiger partial charge in [-0.2, -0.15) is 0 Å². The van der Waals surface area contributed by atoms with Gasteiger partial charge in [-0.05, 0) is 25.0 Å². The Hall–Kier alpha value is -2.07. The van der Waals surface area contributed by atoms with E-state index in [4.69, 9.17) is 11.6 Å². The van der Waals surface area contributed by atoms with Crippen molar-refractivity contribution in [3.63, 3.8) is 0 Å². The molecule has 4 nitrogen and oxygen atoms in total. The summed E-state index contributed by atoms with van der Waals surface area (Å²) in [6.45, 7) is 4.36. The van der Waals surface area contributed by atoms with E-state index in [9.17, 15) is 9.90 Å². The molecule has 0 saturated carbocycles. The number of hydrogen-bond acceptors (Lipinski definition) is 2. The van der Waals surface area contributed by atoms with Crippen molar-refractivity contribution < 1.29 is 9.90 Å². The molecule has 1 heterocycles. The summed E-state index contributed by atoms with van der Waals surface area (Å²) in [7, 11) is 0. The molecule has 2 aromatic rings. The van der Waals surface area contributed by atoms with E-state index in [1.807, 2.05) is 28.8 Å². The predicted octanol–water partition coefficient (Wildman–Crippen LogP) is 4.42. The molecule has 0 bridgehead atoms. The molecule has 1 aromatic heterocycles. The standard InChI is InChI=1S/C18H21ClN2O2/c1-3-5-10-17-20-11-16(14(4-2)18(22)23)21(17)12-13-8-6-7-9-15(13)19/h4,6-9,11H,3,5,10,12H2,1-2H3,(H,22,23). The third-order valence-electron chi connectivity index (χ3n) is 3.77. The molecular formula is C18H21ClN2O2. The maximum Gasteiger partial charge on any atom is 0.337 e. The second-order valence-electron chi connectivity index (χ2n) is 5.35. The molecule has 0 fully saturated rings. The van der Waals surface area contributed by atoms with E-state index < -0.39 is 5.97 Å². The van der Waals surface area contributed by atoms with Crippen LogP contribution in [0.2, 0.25) is 5.02 Å². The van der Waals surface area contributed by atoms with Gasteiger partial charge in [-0.3, -0.25) is 0 Å². The van der Waals surface area contributed by atoms with E-state index in [0.29, 0.717) is 17.3 Å². The minimum Gasteiger partial charge on any atom is -0.478 e. The van der Waals surface area contributed by atoms with Crippen molar-refractivity contribution >= 4 is 23.1 Å². The highest BCUT2D eigenvalue weighted by Crippen LogP contribution is 2.23. The molecule has 0 amide bonds. The van der Waals surface area contributed by atoms with Crippen molar-refractivity contribution in [2.45, 2.75) is 39.7 Å². The summed E-state index contributed by atoms with van der Waals surface area (Å²) in [5.74, 6) is -0.0581. The Bertz CT molecular complexity index is 720. The fourth-order valence-corrected chi connectivity index (χ4v) is 2.71. The second kappa shape index (κ2) is 7.97. The summed E-state index contributed by atoms with van der Waals surface area (Å²) in [5, 5.41) is 10.1. The number of rotatable bonds is 7. The van der Waals surface area contributed by atoms with Crippen molar-refractivity contribution in [1.29, 1.82) is 0 Å². The van der Waals surface area contributed by atoms with Gasteiger partial charge in [0.2, 0.25) is 0 Å².